The van der Waals surface area contributed by atoms with Gasteiger partial charge in [-0.3, -0.25) is 4.68 Å². The van der Waals surface area contributed by atoms with E-state index in [0.29, 0.717) is 13.1 Å². The summed E-state index contributed by atoms with van der Waals surface area (Å²) in [5.41, 5.74) is 1.87. The first-order valence-electron chi connectivity index (χ1n) is 7.13. The van der Waals surface area contributed by atoms with E-state index in [1.54, 1.807) is 4.68 Å². The quantitative estimate of drug-likeness (QED) is 0.722. The SMILES string of the molecule is CC1CCCn2nc3c(c2C(F)(F)C1)CN(C)CC3. The molecule has 3 nitrogen and oxygen atoms in total. The summed E-state index contributed by atoms with van der Waals surface area (Å²) in [6, 6.07) is 0. The molecule has 2 aliphatic heterocycles. The number of alkyl halides is 2. The van der Waals surface area contributed by atoms with Crippen molar-refractivity contribution in [2.45, 2.75) is 51.6 Å². The van der Waals surface area contributed by atoms with E-state index in [4.69, 9.17) is 0 Å². The van der Waals surface area contributed by atoms with Crippen LogP contribution in [0.1, 0.15) is 43.1 Å². The molecule has 2 aliphatic rings. The van der Waals surface area contributed by atoms with E-state index in [9.17, 15) is 8.78 Å². The number of nitrogens with zero attached hydrogens (tertiary/aromatic N) is 3. The molecule has 0 fully saturated rings. The van der Waals surface area contributed by atoms with Crippen molar-refractivity contribution in [1.82, 2.24) is 14.7 Å². The summed E-state index contributed by atoms with van der Waals surface area (Å²) in [5, 5.41) is 4.46. The van der Waals surface area contributed by atoms with Crippen LogP contribution >= 0.6 is 0 Å². The molecule has 0 spiro atoms. The van der Waals surface area contributed by atoms with Crippen LogP contribution in [0.5, 0.6) is 0 Å². The van der Waals surface area contributed by atoms with Crippen molar-refractivity contribution >= 4 is 0 Å². The van der Waals surface area contributed by atoms with Crippen molar-refractivity contribution in [1.29, 1.82) is 0 Å². The lowest BCUT2D eigenvalue weighted by Crippen LogP contribution is -2.30. The molecule has 0 N–H and O–H groups in total. The van der Waals surface area contributed by atoms with Crippen LogP contribution in [-0.4, -0.2) is 28.3 Å². The average Bonchev–Trinajstić information content (AvgIpc) is 2.64. The molecule has 0 saturated carbocycles. The van der Waals surface area contributed by atoms with Crippen LogP contribution in [0.4, 0.5) is 8.78 Å². The molecule has 0 bridgehead atoms. The molecule has 5 heteroatoms. The third-order valence-corrected chi connectivity index (χ3v) is 4.31. The second-order valence-electron chi connectivity index (χ2n) is 6.14. The molecule has 3 heterocycles. The molecule has 1 aromatic rings. The maximum absolute atomic E-state index is 14.6. The van der Waals surface area contributed by atoms with Crippen molar-refractivity contribution in [3.63, 3.8) is 0 Å². The Morgan fingerprint density at radius 1 is 1.32 bits per heavy atom. The first kappa shape index (κ1) is 13.0. The van der Waals surface area contributed by atoms with E-state index < -0.39 is 5.92 Å². The monoisotopic (exact) mass is 269 g/mol. The highest BCUT2D eigenvalue weighted by molar-refractivity contribution is 5.32. The zero-order valence-corrected chi connectivity index (χ0v) is 11.6. The minimum absolute atomic E-state index is 0.0468. The fraction of sp³-hybridized carbons (Fsp3) is 0.786. The highest BCUT2D eigenvalue weighted by Crippen LogP contribution is 2.41. The topological polar surface area (TPSA) is 21.1 Å². The van der Waals surface area contributed by atoms with Gasteiger partial charge in [-0.2, -0.15) is 13.9 Å². The maximum atomic E-state index is 14.6. The van der Waals surface area contributed by atoms with Crippen molar-refractivity contribution < 1.29 is 8.78 Å². The molecule has 0 radical (unpaired) electrons. The van der Waals surface area contributed by atoms with E-state index >= 15 is 0 Å². The van der Waals surface area contributed by atoms with E-state index in [0.717, 1.165) is 37.1 Å². The molecule has 0 aromatic carbocycles. The molecule has 1 unspecified atom stereocenters. The fourth-order valence-corrected chi connectivity index (χ4v) is 3.36. The number of hydrogen-bond acceptors (Lipinski definition) is 2. The highest BCUT2D eigenvalue weighted by atomic mass is 19.3. The minimum Gasteiger partial charge on any atom is -0.302 e. The lowest BCUT2D eigenvalue weighted by molar-refractivity contribution is -0.0413. The molecule has 0 saturated heterocycles. The van der Waals surface area contributed by atoms with Gasteiger partial charge in [0.15, 0.2) is 0 Å². The zero-order chi connectivity index (χ0) is 13.6. The number of rotatable bonds is 0. The van der Waals surface area contributed by atoms with Crippen LogP contribution in [0, 0.1) is 5.92 Å². The predicted molar refractivity (Wildman–Crippen MR) is 69.2 cm³/mol. The van der Waals surface area contributed by atoms with Crippen LogP contribution < -0.4 is 0 Å². The summed E-state index contributed by atoms with van der Waals surface area (Å²) < 4.78 is 30.7. The maximum Gasteiger partial charge on any atom is 0.289 e. The smallest absolute Gasteiger partial charge is 0.289 e. The molecule has 19 heavy (non-hydrogen) atoms. The Morgan fingerprint density at radius 3 is 2.89 bits per heavy atom. The van der Waals surface area contributed by atoms with Gasteiger partial charge in [-0.25, -0.2) is 0 Å². The van der Waals surface area contributed by atoms with Gasteiger partial charge in [-0.15, -0.1) is 0 Å². The number of likely N-dealkylation sites (N-methyl/N-ethyl adjacent to an activating group) is 1. The number of aryl methyl sites for hydroxylation is 1. The van der Waals surface area contributed by atoms with Crippen LogP contribution in [-0.2, 0) is 25.4 Å². The molecule has 106 valence electrons. The normalized spacial score (nSPS) is 27.3. The molecular weight excluding hydrogens is 248 g/mol. The Bertz CT molecular complexity index is 481. The zero-order valence-electron chi connectivity index (χ0n) is 11.6. The molecule has 0 amide bonds. The summed E-state index contributed by atoms with van der Waals surface area (Å²) in [6.07, 6.45) is 2.55. The van der Waals surface area contributed by atoms with Gasteiger partial charge in [0.05, 0.1) is 5.69 Å². The highest BCUT2D eigenvalue weighted by Gasteiger charge is 2.42. The summed E-state index contributed by atoms with van der Waals surface area (Å²) in [5.74, 6) is -2.66. The Hall–Kier alpha value is -0.970. The van der Waals surface area contributed by atoms with E-state index in [1.165, 1.54) is 0 Å². The third kappa shape index (κ3) is 2.29. The fourth-order valence-electron chi connectivity index (χ4n) is 3.36. The van der Waals surface area contributed by atoms with Gasteiger partial charge in [0.2, 0.25) is 0 Å². The van der Waals surface area contributed by atoms with Crippen molar-refractivity contribution in [2.75, 3.05) is 13.6 Å². The molecule has 0 aliphatic carbocycles. The van der Waals surface area contributed by atoms with Crippen LogP contribution in [0.2, 0.25) is 0 Å². The standard InChI is InChI=1S/C14H21F2N3/c1-10-4-3-6-19-13(14(15,16)8-10)11-9-18(2)7-5-12(11)17-19/h10H,3-9H2,1-2H3. The minimum atomic E-state index is -2.74. The van der Waals surface area contributed by atoms with E-state index in [-0.39, 0.29) is 18.0 Å². The van der Waals surface area contributed by atoms with Crippen LogP contribution in [0.15, 0.2) is 0 Å². The first-order chi connectivity index (χ1) is 8.97. The lowest BCUT2D eigenvalue weighted by atomic mass is 9.92. The second-order valence-corrected chi connectivity index (χ2v) is 6.14. The number of hydrogen-bond donors (Lipinski definition) is 0. The largest absolute Gasteiger partial charge is 0.302 e. The van der Waals surface area contributed by atoms with E-state index in [1.807, 2.05) is 14.0 Å². The summed E-state index contributed by atoms with van der Waals surface area (Å²) >= 11 is 0. The van der Waals surface area contributed by atoms with Gasteiger partial charge < -0.3 is 4.90 Å². The first-order valence-corrected chi connectivity index (χ1v) is 7.13. The van der Waals surface area contributed by atoms with Gasteiger partial charge >= 0.3 is 0 Å². The van der Waals surface area contributed by atoms with Gasteiger partial charge in [0.25, 0.3) is 5.92 Å². The van der Waals surface area contributed by atoms with Gasteiger partial charge in [-0.05, 0) is 25.8 Å². The summed E-state index contributed by atoms with van der Waals surface area (Å²) in [4.78, 5) is 2.10. The van der Waals surface area contributed by atoms with E-state index in [2.05, 4.69) is 10.00 Å². The summed E-state index contributed by atoms with van der Waals surface area (Å²) in [7, 11) is 1.98. The number of aromatic nitrogens is 2. The van der Waals surface area contributed by atoms with Gasteiger partial charge in [0, 0.05) is 38.0 Å². The lowest BCUT2D eigenvalue weighted by Gasteiger charge is -2.28. The Morgan fingerprint density at radius 2 is 2.11 bits per heavy atom. The van der Waals surface area contributed by atoms with Crippen molar-refractivity contribution in [3.8, 4) is 0 Å². The Kier molecular flexibility index (Phi) is 3.12. The second kappa shape index (κ2) is 4.54. The Balaban J connectivity index is 2.08. The van der Waals surface area contributed by atoms with Crippen molar-refractivity contribution in [3.05, 3.63) is 17.0 Å². The molecule has 1 aromatic heterocycles. The summed E-state index contributed by atoms with van der Waals surface area (Å²) in [6.45, 7) is 4.07. The third-order valence-electron chi connectivity index (χ3n) is 4.31. The van der Waals surface area contributed by atoms with Gasteiger partial charge in [0.1, 0.15) is 5.69 Å². The van der Waals surface area contributed by atoms with Gasteiger partial charge in [-0.1, -0.05) is 6.92 Å². The average molecular weight is 269 g/mol. The predicted octanol–water partition coefficient (Wildman–Crippen LogP) is 2.78. The molecule has 3 rings (SSSR count). The molecular formula is C14H21F2N3. The number of fused-ring (bicyclic) bond motifs is 3. The Labute approximate surface area is 112 Å². The molecule has 1 atom stereocenters. The van der Waals surface area contributed by atoms with Crippen LogP contribution in [0.25, 0.3) is 0 Å². The number of halogens is 2. The van der Waals surface area contributed by atoms with Crippen molar-refractivity contribution in [2.24, 2.45) is 5.92 Å². The van der Waals surface area contributed by atoms with Crippen LogP contribution in [0.3, 0.4) is 0 Å².